The third-order valence-corrected chi connectivity index (χ3v) is 8.28. The number of anilines is 1. The maximum atomic E-state index is 12.3. The molecule has 0 bridgehead atoms. The molecule has 2 fully saturated rings. The number of hydrogen-bond donors (Lipinski definition) is 3. The molecule has 1 aromatic carbocycles. The Kier molecular flexibility index (Phi) is 7.99. The number of hydrogen-bond acceptors (Lipinski definition) is 6. The van der Waals surface area contributed by atoms with Crippen LogP contribution in [0, 0.1) is 0 Å². The first-order valence-corrected chi connectivity index (χ1v) is 13.9. The Labute approximate surface area is 210 Å². The van der Waals surface area contributed by atoms with E-state index in [9.17, 15) is 4.79 Å². The second-order valence-electron chi connectivity index (χ2n) is 9.47. The zero-order chi connectivity index (χ0) is 23.3. The van der Waals surface area contributed by atoms with E-state index in [1.807, 2.05) is 12.1 Å². The van der Waals surface area contributed by atoms with Crippen LogP contribution in [-0.4, -0.2) is 78.1 Å². The average molecular weight is 504 g/mol. The van der Waals surface area contributed by atoms with E-state index < -0.39 is 0 Å². The minimum absolute atomic E-state index is 0.116. The molecular formula is C25H34ClN5O2S. The van der Waals surface area contributed by atoms with Gasteiger partial charge >= 0.3 is 0 Å². The lowest BCUT2D eigenvalue weighted by atomic mass is 10.2. The molecule has 0 spiro atoms. The van der Waals surface area contributed by atoms with E-state index in [1.165, 1.54) is 25.7 Å². The van der Waals surface area contributed by atoms with Crippen LogP contribution in [0.5, 0.6) is 0 Å². The molecule has 184 valence electrons. The predicted molar refractivity (Wildman–Crippen MR) is 141 cm³/mol. The van der Waals surface area contributed by atoms with Gasteiger partial charge in [0.15, 0.2) is 0 Å². The molecule has 3 N–H and O–H groups in total. The molecule has 1 amide bonds. The van der Waals surface area contributed by atoms with Crippen molar-refractivity contribution in [1.29, 1.82) is 0 Å². The summed E-state index contributed by atoms with van der Waals surface area (Å²) in [6.07, 6.45) is 6.30. The lowest BCUT2D eigenvalue weighted by molar-refractivity contribution is -0.121. The number of benzene rings is 1. The Morgan fingerprint density at radius 3 is 2.88 bits per heavy atom. The minimum Gasteiger partial charge on any atom is -0.381 e. The summed E-state index contributed by atoms with van der Waals surface area (Å²) in [5.41, 5.74) is 3.21. The highest BCUT2D eigenvalue weighted by Gasteiger charge is 2.23. The van der Waals surface area contributed by atoms with Gasteiger partial charge in [-0.1, -0.05) is 24.4 Å². The van der Waals surface area contributed by atoms with Gasteiger partial charge in [0.2, 0.25) is 5.91 Å². The number of aliphatic imine (C=N–C) groups is 1. The fraction of sp³-hybridized carbons (Fsp3) is 0.600. The zero-order valence-electron chi connectivity index (χ0n) is 19.6. The second kappa shape index (κ2) is 11.3. The van der Waals surface area contributed by atoms with Crippen molar-refractivity contribution in [3.8, 4) is 0 Å². The van der Waals surface area contributed by atoms with Crippen LogP contribution in [0.15, 0.2) is 23.2 Å². The molecule has 3 aliphatic rings. The predicted octanol–water partition coefficient (Wildman–Crippen LogP) is 4.27. The number of carbonyl (C=O) groups excluding carboxylic acids is 1. The molecule has 7 nitrogen and oxygen atoms in total. The van der Waals surface area contributed by atoms with Crippen molar-refractivity contribution in [3.63, 3.8) is 0 Å². The maximum absolute atomic E-state index is 12.3. The standard InChI is InChI=1S/C25H34ClN5O2S/c26-18-13-17-14-22(30-24(17)21(15-18)28-19-3-1-2-4-19)25-29-20(16-34-25)5-6-23(32)27-7-8-31-9-11-33-12-10-31/h13-15,19-20,28,30H,1-12,16H2,(H,27,32). The highest BCUT2D eigenvalue weighted by molar-refractivity contribution is 8.14. The van der Waals surface area contributed by atoms with Crippen molar-refractivity contribution in [2.24, 2.45) is 4.99 Å². The molecule has 5 rings (SSSR count). The lowest BCUT2D eigenvalue weighted by Crippen LogP contribution is -2.41. The number of aromatic amines is 1. The summed E-state index contributed by atoms with van der Waals surface area (Å²) in [6, 6.07) is 6.88. The monoisotopic (exact) mass is 503 g/mol. The van der Waals surface area contributed by atoms with Crippen LogP contribution in [0.1, 0.15) is 44.2 Å². The Morgan fingerprint density at radius 1 is 1.24 bits per heavy atom. The van der Waals surface area contributed by atoms with E-state index in [1.54, 1.807) is 11.8 Å². The Morgan fingerprint density at radius 2 is 2.06 bits per heavy atom. The number of nitrogens with zero attached hydrogens (tertiary/aromatic N) is 2. The number of nitrogens with one attached hydrogen (secondary N) is 3. The molecule has 2 aromatic rings. The zero-order valence-corrected chi connectivity index (χ0v) is 21.1. The number of morpholine rings is 1. The number of H-pyrrole nitrogens is 1. The van der Waals surface area contributed by atoms with Crippen molar-refractivity contribution >= 4 is 50.9 Å². The molecule has 1 aromatic heterocycles. The largest absolute Gasteiger partial charge is 0.381 e. The Balaban J connectivity index is 1.15. The van der Waals surface area contributed by atoms with Gasteiger partial charge in [0, 0.05) is 54.8 Å². The van der Waals surface area contributed by atoms with Crippen LogP contribution in [0.3, 0.4) is 0 Å². The first kappa shape index (κ1) is 24.0. The van der Waals surface area contributed by atoms with Gasteiger partial charge in [-0.3, -0.25) is 14.7 Å². The molecule has 1 atom stereocenters. The fourth-order valence-electron chi connectivity index (χ4n) is 5.00. The SMILES string of the molecule is O=C(CCC1CSC(c2cc3cc(Cl)cc(NC4CCCC4)c3[nH]2)=N1)NCCN1CCOCC1. The van der Waals surface area contributed by atoms with Crippen molar-refractivity contribution in [2.45, 2.75) is 50.6 Å². The van der Waals surface area contributed by atoms with E-state index in [0.717, 1.165) is 77.4 Å². The van der Waals surface area contributed by atoms with Gasteiger partial charge in [-0.15, -0.1) is 11.8 Å². The normalized spacial score (nSPS) is 21.8. The number of aromatic nitrogens is 1. The van der Waals surface area contributed by atoms with E-state index in [2.05, 4.69) is 26.6 Å². The topological polar surface area (TPSA) is 81.8 Å². The number of rotatable bonds is 9. The van der Waals surface area contributed by atoms with Gasteiger partial charge in [-0.2, -0.15) is 0 Å². The number of halogens is 1. The van der Waals surface area contributed by atoms with Gasteiger partial charge in [0.1, 0.15) is 5.04 Å². The average Bonchev–Trinajstić information content (AvgIpc) is 3.59. The van der Waals surface area contributed by atoms with Crippen molar-refractivity contribution < 1.29 is 9.53 Å². The summed E-state index contributed by atoms with van der Waals surface area (Å²) < 4.78 is 5.36. The van der Waals surface area contributed by atoms with Crippen LogP contribution in [0.25, 0.3) is 10.9 Å². The lowest BCUT2D eigenvalue weighted by Gasteiger charge is -2.26. The van der Waals surface area contributed by atoms with Crippen LogP contribution < -0.4 is 10.6 Å². The summed E-state index contributed by atoms with van der Waals surface area (Å²) in [5, 5.41) is 9.62. The van der Waals surface area contributed by atoms with Crippen LogP contribution in [0.2, 0.25) is 5.02 Å². The van der Waals surface area contributed by atoms with E-state index in [0.29, 0.717) is 19.0 Å². The maximum Gasteiger partial charge on any atom is 0.220 e. The van der Waals surface area contributed by atoms with Crippen molar-refractivity contribution in [3.05, 3.63) is 28.9 Å². The van der Waals surface area contributed by atoms with Gasteiger partial charge < -0.3 is 20.4 Å². The number of carbonyl (C=O) groups is 1. The molecule has 1 saturated carbocycles. The minimum atomic E-state index is 0.116. The highest BCUT2D eigenvalue weighted by Crippen LogP contribution is 2.33. The first-order chi connectivity index (χ1) is 16.6. The summed E-state index contributed by atoms with van der Waals surface area (Å²) >= 11 is 8.18. The molecule has 3 heterocycles. The number of thioether (sulfide) groups is 1. The summed E-state index contributed by atoms with van der Waals surface area (Å²) in [4.78, 5) is 23.1. The fourth-order valence-corrected chi connectivity index (χ4v) is 6.31. The van der Waals surface area contributed by atoms with E-state index >= 15 is 0 Å². The number of ether oxygens (including phenoxy) is 1. The van der Waals surface area contributed by atoms with Crippen LogP contribution >= 0.6 is 23.4 Å². The van der Waals surface area contributed by atoms with E-state index in [-0.39, 0.29) is 11.9 Å². The van der Waals surface area contributed by atoms with E-state index in [4.69, 9.17) is 21.3 Å². The molecular weight excluding hydrogens is 470 g/mol. The third-order valence-electron chi connectivity index (χ3n) is 6.91. The molecule has 1 unspecified atom stereocenters. The quantitative estimate of drug-likeness (QED) is 0.476. The molecule has 1 aliphatic carbocycles. The number of fused-ring (bicyclic) bond motifs is 1. The van der Waals surface area contributed by atoms with Crippen LogP contribution in [-0.2, 0) is 9.53 Å². The smallest absolute Gasteiger partial charge is 0.220 e. The molecule has 34 heavy (non-hydrogen) atoms. The van der Waals surface area contributed by atoms with Crippen LogP contribution in [0.4, 0.5) is 5.69 Å². The highest BCUT2D eigenvalue weighted by atomic mass is 35.5. The van der Waals surface area contributed by atoms with Gasteiger partial charge in [-0.25, -0.2) is 0 Å². The summed E-state index contributed by atoms with van der Waals surface area (Å²) in [7, 11) is 0. The van der Waals surface area contributed by atoms with Crippen molar-refractivity contribution in [2.75, 3.05) is 50.5 Å². The number of amides is 1. The van der Waals surface area contributed by atoms with Crippen molar-refractivity contribution in [1.82, 2.24) is 15.2 Å². The second-order valence-corrected chi connectivity index (χ2v) is 10.9. The Hall–Kier alpha value is -1.74. The molecule has 9 heteroatoms. The van der Waals surface area contributed by atoms with Gasteiger partial charge in [0.25, 0.3) is 0 Å². The Bertz CT molecular complexity index is 1030. The molecule has 0 radical (unpaired) electrons. The molecule has 2 aliphatic heterocycles. The first-order valence-electron chi connectivity index (χ1n) is 12.5. The molecule has 1 saturated heterocycles. The van der Waals surface area contributed by atoms with Gasteiger partial charge in [0.05, 0.1) is 36.2 Å². The third kappa shape index (κ3) is 6.08. The summed E-state index contributed by atoms with van der Waals surface area (Å²) in [5.74, 6) is 1.03. The van der Waals surface area contributed by atoms with Gasteiger partial charge in [-0.05, 0) is 37.5 Å². The summed E-state index contributed by atoms with van der Waals surface area (Å²) in [6.45, 7) is 5.06.